The summed E-state index contributed by atoms with van der Waals surface area (Å²) in [6.07, 6.45) is 3.23. The quantitative estimate of drug-likeness (QED) is 0.815. The van der Waals surface area contributed by atoms with Gasteiger partial charge in [-0.3, -0.25) is 0 Å². The minimum absolute atomic E-state index is 0.389. The molecule has 0 fully saturated rings. The zero-order chi connectivity index (χ0) is 12.1. The Hall–Kier alpha value is -1.93. The lowest BCUT2D eigenvalue weighted by Gasteiger charge is -2.05. The van der Waals surface area contributed by atoms with Crippen molar-refractivity contribution in [3.8, 4) is 11.8 Å². The average molecular weight is 290 g/mol. The Kier molecular flexibility index (Phi) is 3.68. The van der Waals surface area contributed by atoms with Crippen LogP contribution < -0.4 is 4.74 Å². The normalized spacial score (nSPS) is 9.65. The van der Waals surface area contributed by atoms with Gasteiger partial charge in [-0.15, -0.1) is 0 Å². The topological polar surface area (TPSA) is 58.8 Å². The van der Waals surface area contributed by atoms with Crippen molar-refractivity contribution in [2.75, 3.05) is 0 Å². The monoisotopic (exact) mass is 289 g/mol. The first-order chi connectivity index (χ1) is 8.28. The van der Waals surface area contributed by atoms with E-state index in [2.05, 4.69) is 25.9 Å². The smallest absolute Gasteiger partial charge is 0.140 e. The summed E-state index contributed by atoms with van der Waals surface area (Å²) in [5.74, 6) is 0.684. The summed E-state index contributed by atoms with van der Waals surface area (Å²) >= 11 is 3.25. The largest absolute Gasteiger partial charge is 0.487 e. The molecule has 0 aliphatic carbocycles. The molecule has 4 nitrogen and oxygen atoms in total. The van der Waals surface area contributed by atoms with Crippen LogP contribution in [0.1, 0.15) is 11.3 Å². The van der Waals surface area contributed by atoms with Crippen LogP contribution in [0.25, 0.3) is 0 Å². The summed E-state index contributed by atoms with van der Waals surface area (Å²) in [5.41, 5.74) is 1.29. The van der Waals surface area contributed by atoms with Crippen LogP contribution in [0.15, 0.2) is 41.3 Å². The van der Waals surface area contributed by atoms with Crippen molar-refractivity contribution in [1.29, 1.82) is 5.26 Å². The van der Waals surface area contributed by atoms with Gasteiger partial charge < -0.3 is 4.74 Å². The van der Waals surface area contributed by atoms with Gasteiger partial charge in [0.2, 0.25) is 0 Å². The van der Waals surface area contributed by atoms with Gasteiger partial charge in [0, 0.05) is 6.20 Å². The van der Waals surface area contributed by atoms with Crippen molar-refractivity contribution in [3.05, 3.63) is 52.5 Å². The molecule has 5 heteroatoms. The molecule has 0 N–H and O–H groups in total. The highest BCUT2D eigenvalue weighted by Crippen LogP contribution is 2.14. The van der Waals surface area contributed by atoms with E-state index in [1.807, 2.05) is 24.3 Å². The number of hydrogen-bond acceptors (Lipinski definition) is 4. The van der Waals surface area contributed by atoms with Gasteiger partial charge in [-0.1, -0.05) is 0 Å². The first-order valence-corrected chi connectivity index (χ1v) is 5.66. The molecule has 0 atom stereocenters. The van der Waals surface area contributed by atoms with E-state index < -0.39 is 0 Å². The molecule has 2 rings (SSSR count). The molecule has 2 heterocycles. The number of halogens is 1. The molecule has 0 spiro atoms. The van der Waals surface area contributed by atoms with E-state index in [1.54, 1.807) is 18.5 Å². The number of ether oxygens (including phenoxy) is 1. The fraction of sp³-hybridized carbons (Fsp3) is 0.0833. The summed E-state index contributed by atoms with van der Waals surface area (Å²) in [6.45, 7) is 0.389. The van der Waals surface area contributed by atoms with Crippen molar-refractivity contribution in [3.63, 3.8) is 0 Å². The van der Waals surface area contributed by atoms with Gasteiger partial charge in [0.1, 0.15) is 28.7 Å². The third-order valence-corrected chi connectivity index (χ3v) is 2.51. The fourth-order valence-electron chi connectivity index (χ4n) is 1.24. The molecule has 0 aromatic carbocycles. The maximum atomic E-state index is 8.71. The number of nitriles is 1. The number of pyridine rings is 2. The summed E-state index contributed by atoms with van der Waals surface area (Å²) in [7, 11) is 0. The van der Waals surface area contributed by atoms with Crippen LogP contribution in [-0.4, -0.2) is 9.97 Å². The molecule has 0 amide bonds. The lowest BCUT2D eigenvalue weighted by atomic mass is 10.2. The van der Waals surface area contributed by atoms with Crippen molar-refractivity contribution in [1.82, 2.24) is 9.97 Å². The van der Waals surface area contributed by atoms with Gasteiger partial charge in [0.25, 0.3) is 0 Å². The number of hydrogen-bond donors (Lipinski definition) is 0. The van der Waals surface area contributed by atoms with Gasteiger partial charge in [-0.25, -0.2) is 9.97 Å². The summed E-state index contributed by atoms with van der Waals surface area (Å²) in [6, 6.07) is 9.13. The lowest BCUT2D eigenvalue weighted by Crippen LogP contribution is -1.97. The van der Waals surface area contributed by atoms with Crippen LogP contribution in [0.3, 0.4) is 0 Å². The molecule has 0 saturated carbocycles. The van der Waals surface area contributed by atoms with Crippen molar-refractivity contribution < 1.29 is 4.74 Å². The summed E-state index contributed by atoms with van der Waals surface area (Å²) in [4.78, 5) is 7.94. The molecular weight excluding hydrogens is 282 g/mol. The average Bonchev–Trinajstić information content (AvgIpc) is 2.38. The summed E-state index contributed by atoms with van der Waals surface area (Å²) in [5, 5.41) is 8.71. The Morgan fingerprint density at radius 3 is 2.88 bits per heavy atom. The zero-order valence-corrected chi connectivity index (χ0v) is 10.4. The van der Waals surface area contributed by atoms with Crippen molar-refractivity contribution in [2.45, 2.75) is 6.61 Å². The molecule has 0 bridgehead atoms. The standard InChI is InChI=1S/C12H8BrN3O/c13-12-2-1-11(7-16-12)17-8-9-3-4-15-10(5-9)6-14/h1-5,7H,8H2. The molecule has 0 radical (unpaired) electrons. The maximum Gasteiger partial charge on any atom is 0.140 e. The van der Waals surface area contributed by atoms with E-state index >= 15 is 0 Å². The minimum atomic E-state index is 0.389. The first-order valence-electron chi connectivity index (χ1n) is 4.87. The Bertz CT molecular complexity index is 548. The highest BCUT2D eigenvalue weighted by molar-refractivity contribution is 9.10. The third-order valence-electron chi connectivity index (χ3n) is 2.04. The molecule has 84 valence electrons. The molecule has 0 saturated heterocycles. The van der Waals surface area contributed by atoms with Crippen LogP contribution in [0.2, 0.25) is 0 Å². The second-order valence-corrected chi connectivity index (χ2v) is 4.08. The number of aromatic nitrogens is 2. The van der Waals surface area contributed by atoms with Crippen LogP contribution >= 0.6 is 15.9 Å². The van der Waals surface area contributed by atoms with E-state index in [0.717, 1.165) is 10.2 Å². The molecular formula is C12H8BrN3O. The molecule has 0 aliphatic heterocycles. The van der Waals surface area contributed by atoms with E-state index in [9.17, 15) is 0 Å². The molecule has 2 aromatic heterocycles. The SMILES string of the molecule is N#Cc1cc(COc2ccc(Br)nc2)ccn1. The molecule has 2 aromatic rings. The van der Waals surface area contributed by atoms with Crippen LogP contribution in [0.4, 0.5) is 0 Å². The Morgan fingerprint density at radius 1 is 1.29 bits per heavy atom. The van der Waals surface area contributed by atoms with Crippen molar-refractivity contribution >= 4 is 15.9 Å². The van der Waals surface area contributed by atoms with Crippen molar-refractivity contribution in [2.24, 2.45) is 0 Å². The van der Waals surface area contributed by atoms with Crippen LogP contribution in [0.5, 0.6) is 5.75 Å². The highest BCUT2D eigenvalue weighted by Gasteiger charge is 1.99. The lowest BCUT2D eigenvalue weighted by molar-refractivity contribution is 0.304. The van der Waals surface area contributed by atoms with E-state index in [1.165, 1.54) is 0 Å². The predicted molar refractivity (Wildman–Crippen MR) is 65.2 cm³/mol. The Balaban J connectivity index is 2.02. The maximum absolute atomic E-state index is 8.71. The fourth-order valence-corrected chi connectivity index (χ4v) is 1.47. The van der Waals surface area contributed by atoms with Gasteiger partial charge in [-0.05, 0) is 45.8 Å². The van der Waals surface area contributed by atoms with Gasteiger partial charge in [0.15, 0.2) is 0 Å². The Morgan fingerprint density at radius 2 is 2.18 bits per heavy atom. The Labute approximate surface area is 107 Å². The van der Waals surface area contributed by atoms with Crippen LogP contribution in [0, 0.1) is 11.3 Å². The molecule has 0 aliphatic rings. The van der Waals surface area contributed by atoms with E-state index in [0.29, 0.717) is 18.1 Å². The van der Waals surface area contributed by atoms with Gasteiger partial charge >= 0.3 is 0 Å². The summed E-state index contributed by atoms with van der Waals surface area (Å²) < 4.78 is 6.29. The second kappa shape index (κ2) is 5.41. The predicted octanol–water partition coefficient (Wildman–Crippen LogP) is 2.69. The number of nitrogens with zero attached hydrogens (tertiary/aromatic N) is 3. The zero-order valence-electron chi connectivity index (χ0n) is 8.80. The van der Waals surface area contributed by atoms with Crippen LogP contribution in [-0.2, 0) is 6.61 Å². The highest BCUT2D eigenvalue weighted by atomic mass is 79.9. The second-order valence-electron chi connectivity index (χ2n) is 3.27. The molecule has 0 unspecified atom stereocenters. The van der Waals surface area contributed by atoms with Gasteiger partial charge in [0.05, 0.1) is 6.20 Å². The van der Waals surface area contributed by atoms with E-state index in [-0.39, 0.29) is 0 Å². The number of rotatable bonds is 3. The van der Waals surface area contributed by atoms with Gasteiger partial charge in [-0.2, -0.15) is 5.26 Å². The third kappa shape index (κ3) is 3.26. The minimum Gasteiger partial charge on any atom is -0.487 e. The molecule has 17 heavy (non-hydrogen) atoms. The first kappa shape index (κ1) is 11.6. The van der Waals surface area contributed by atoms with E-state index in [4.69, 9.17) is 10.00 Å².